The van der Waals surface area contributed by atoms with E-state index in [2.05, 4.69) is 4.98 Å². The molecular weight excluding hydrogens is 323 g/mol. The van der Waals surface area contributed by atoms with Gasteiger partial charge in [0.2, 0.25) is 10.0 Å². The number of primary sulfonamides is 1. The molecule has 0 aliphatic carbocycles. The molecule has 3 aromatic rings. The van der Waals surface area contributed by atoms with Gasteiger partial charge in [-0.3, -0.25) is 0 Å². The minimum absolute atomic E-state index is 0.0593. The number of aromatic nitrogens is 1. The standard InChI is InChI=1S/C15H11FN2O2S2/c16-12-5-1-10(2-6-12)14-15(21-9-18-14)11-3-7-13(8-4-11)22(17,19)20/h1-9H,(H2,17,19,20). The molecule has 2 N–H and O–H groups in total. The SMILES string of the molecule is NS(=O)(=O)c1ccc(-c2scnc2-c2ccc(F)cc2)cc1. The molecule has 4 nitrogen and oxygen atoms in total. The third-order valence-corrected chi connectivity index (χ3v) is 4.93. The van der Waals surface area contributed by atoms with Gasteiger partial charge < -0.3 is 0 Å². The lowest BCUT2D eigenvalue weighted by molar-refractivity contribution is 0.598. The Hall–Kier alpha value is -2.09. The molecule has 0 amide bonds. The summed E-state index contributed by atoms with van der Waals surface area (Å²) >= 11 is 1.43. The Kier molecular flexibility index (Phi) is 3.78. The molecule has 0 fully saturated rings. The number of rotatable bonds is 3. The van der Waals surface area contributed by atoms with Crippen LogP contribution in [0.15, 0.2) is 58.9 Å². The highest BCUT2D eigenvalue weighted by molar-refractivity contribution is 7.89. The minimum Gasteiger partial charge on any atom is -0.244 e. The van der Waals surface area contributed by atoms with Crippen LogP contribution in [0.25, 0.3) is 21.7 Å². The molecule has 3 rings (SSSR count). The van der Waals surface area contributed by atoms with Crippen molar-refractivity contribution < 1.29 is 12.8 Å². The molecule has 7 heteroatoms. The Morgan fingerprint density at radius 2 is 1.55 bits per heavy atom. The number of benzene rings is 2. The molecule has 0 bridgehead atoms. The predicted molar refractivity (Wildman–Crippen MR) is 84.3 cm³/mol. The number of nitrogens with zero attached hydrogens (tertiary/aromatic N) is 1. The third kappa shape index (κ3) is 2.92. The van der Waals surface area contributed by atoms with E-state index in [1.165, 1.54) is 35.6 Å². The summed E-state index contributed by atoms with van der Waals surface area (Å²) in [6.45, 7) is 0. The van der Waals surface area contributed by atoms with Crippen LogP contribution in [0, 0.1) is 5.82 Å². The smallest absolute Gasteiger partial charge is 0.238 e. The highest BCUT2D eigenvalue weighted by Gasteiger charge is 2.13. The number of halogens is 1. The zero-order chi connectivity index (χ0) is 15.7. The summed E-state index contributed by atoms with van der Waals surface area (Å²) in [7, 11) is -3.71. The number of hydrogen-bond donors (Lipinski definition) is 1. The Balaban J connectivity index is 2.03. The van der Waals surface area contributed by atoms with Crippen molar-refractivity contribution in [2.24, 2.45) is 5.14 Å². The van der Waals surface area contributed by atoms with Crippen LogP contribution in [0.4, 0.5) is 4.39 Å². The Bertz CT molecular complexity index is 901. The zero-order valence-electron chi connectivity index (χ0n) is 11.2. The van der Waals surface area contributed by atoms with Crippen molar-refractivity contribution in [1.29, 1.82) is 0 Å². The Morgan fingerprint density at radius 1 is 0.955 bits per heavy atom. The van der Waals surface area contributed by atoms with Crippen LogP contribution in [0.5, 0.6) is 0 Å². The lowest BCUT2D eigenvalue weighted by atomic mass is 10.1. The lowest BCUT2D eigenvalue weighted by Crippen LogP contribution is -2.11. The van der Waals surface area contributed by atoms with Gasteiger partial charge in [0.1, 0.15) is 5.82 Å². The van der Waals surface area contributed by atoms with Crippen molar-refractivity contribution in [3.8, 4) is 21.7 Å². The van der Waals surface area contributed by atoms with E-state index in [0.29, 0.717) is 0 Å². The molecule has 1 heterocycles. The Morgan fingerprint density at radius 3 is 2.14 bits per heavy atom. The second-order valence-electron chi connectivity index (χ2n) is 4.61. The third-order valence-electron chi connectivity index (χ3n) is 3.13. The van der Waals surface area contributed by atoms with Gasteiger partial charge in [-0.05, 0) is 42.0 Å². The average Bonchev–Trinajstić information content (AvgIpc) is 2.97. The largest absolute Gasteiger partial charge is 0.244 e. The number of thiazole rings is 1. The summed E-state index contributed by atoms with van der Waals surface area (Å²) in [6.07, 6.45) is 0. The van der Waals surface area contributed by atoms with E-state index >= 15 is 0 Å². The first-order valence-corrected chi connectivity index (χ1v) is 8.70. The first kappa shape index (κ1) is 14.8. The topological polar surface area (TPSA) is 73.1 Å². The summed E-state index contributed by atoms with van der Waals surface area (Å²) in [6, 6.07) is 12.3. The molecule has 0 saturated heterocycles. The van der Waals surface area contributed by atoms with Gasteiger partial charge >= 0.3 is 0 Å². The summed E-state index contributed by atoms with van der Waals surface area (Å²) in [4.78, 5) is 5.26. The molecule has 0 aliphatic rings. The molecule has 0 unspecified atom stereocenters. The predicted octanol–water partition coefficient (Wildman–Crippen LogP) is 3.26. The average molecular weight is 334 g/mol. The number of sulfonamides is 1. The molecule has 112 valence electrons. The van der Waals surface area contributed by atoms with E-state index in [-0.39, 0.29) is 10.7 Å². The van der Waals surface area contributed by atoms with Gasteiger partial charge in [-0.1, -0.05) is 12.1 Å². The van der Waals surface area contributed by atoms with Crippen molar-refractivity contribution in [3.05, 3.63) is 59.9 Å². The molecule has 0 aliphatic heterocycles. The van der Waals surface area contributed by atoms with Crippen LogP contribution >= 0.6 is 11.3 Å². The minimum atomic E-state index is -3.71. The van der Waals surface area contributed by atoms with E-state index in [1.807, 2.05) is 0 Å². The maximum Gasteiger partial charge on any atom is 0.238 e. The first-order valence-electron chi connectivity index (χ1n) is 6.28. The molecule has 0 saturated carbocycles. The van der Waals surface area contributed by atoms with Crippen molar-refractivity contribution in [1.82, 2.24) is 4.98 Å². The van der Waals surface area contributed by atoms with Crippen LogP contribution < -0.4 is 5.14 Å². The van der Waals surface area contributed by atoms with Crippen LogP contribution in [-0.4, -0.2) is 13.4 Å². The maximum atomic E-state index is 13.0. The van der Waals surface area contributed by atoms with Crippen molar-refractivity contribution in [2.45, 2.75) is 4.90 Å². The zero-order valence-corrected chi connectivity index (χ0v) is 12.9. The van der Waals surface area contributed by atoms with Crippen LogP contribution in [0.1, 0.15) is 0 Å². The number of hydrogen-bond acceptors (Lipinski definition) is 4. The summed E-state index contributed by atoms with van der Waals surface area (Å²) < 4.78 is 35.6. The van der Waals surface area contributed by atoms with Gasteiger partial charge in [0.05, 0.1) is 21.0 Å². The second kappa shape index (κ2) is 5.60. The maximum absolute atomic E-state index is 13.0. The molecule has 0 atom stereocenters. The summed E-state index contributed by atoms with van der Waals surface area (Å²) in [5.74, 6) is -0.307. The molecule has 0 radical (unpaired) electrons. The van der Waals surface area contributed by atoms with Gasteiger partial charge in [0, 0.05) is 5.56 Å². The lowest BCUT2D eigenvalue weighted by Gasteiger charge is -2.04. The first-order chi connectivity index (χ1) is 10.4. The van der Waals surface area contributed by atoms with E-state index in [1.54, 1.807) is 29.8 Å². The van der Waals surface area contributed by atoms with E-state index < -0.39 is 10.0 Å². The van der Waals surface area contributed by atoms with Gasteiger partial charge in [0.25, 0.3) is 0 Å². The van der Waals surface area contributed by atoms with Crippen LogP contribution in [-0.2, 0) is 10.0 Å². The van der Waals surface area contributed by atoms with E-state index in [0.717, 1.165) is 21.7 Å². The van der Waals surface area contributed by atoms with Crippen molar-refractivity contribution >= 4 is 21.4 Å². The summed E-state index contributed by atoms with van der Waals surface area (Å²) in [5.41, 5.74) is 4.05. The molecule has 0 spiro atoms. The van der Waals surface area contributed by atoms with Crippen LogP contribution in [0.2, 0.25) is 0 Å². The van der Waals surface area contributed by atoms with Gasteiger partial charge in [-0.15, -0.1) is 11.3 Å². The van der Waals surface area contributed by atoms with Crippen LogP contribution in [0.3, 0.4) is 0 Å². The molecule has 1 aromatic heterocycles. The molecular formula is C15H11FN2O2S2. The fraction of sp³-hybridized carbons (Fsp3) is 0. The van der Waals surface area contributed by atoms with Crippen molar-refractivity contribution in [2.75, 3.05) is 0 Å². The Labute approximate surface area is 131 Å². The fourth-order valence-electron chi connectivity index (χ4n) is 2.06. The monoisotopic (exact) mass is 334 g/mol. The fourth-order valence-corrected chi connectivity index (χ4v) is 3.39. The second-order valence-corrected chi connectivity index (χ2v) is 7.02. The van der Waals surface area contributed by atoms with Gasteiger partial charge in [-0.2, -0.15) is 0 Å². The highest BCUT2D eigenvalue weighted by atomic mass is 32.2. The molecule has 22 heavy (non-hydrogen) atoms. The number of nitrogens with two attached hydrogens (primary N) is 1. The van der Waals surface area contributed by atoms with Gasteiger partial charge in [0.15, 0.2) is 0 Å². The molecule has 2 aromatic carbocycles. The van der Waals surface area contributed by atoms with E-state index in [4.69, 9.17) is 5.14 Å². The summed E-state index contributed by atoms with van der Waals surface area (Å²) in [5, 5.41) is 5.09. The van der Waals surface area contributed by atoms with Crippen molar-refractivity contribution in [3.63, 3.8) is 0 Å². The quantitative estimate of drug-likeness (QED) is 0.799. The van der Waals surface area contributed by atoms with E-state index in [9.17, 15) is 12.8 Å². The normalized spacial score (nSPS) is 11.5. The van der Waals surface area contributed by atoms with Gasteiger partial charge in [-0.25, -0.2) is 22.9 Å². The highest BCUT2D eigenvalue weighted by Crippen LogP contribution is 2.34.